The fourth-order valence-corrected chi connectivity index (χ4v) is 5.16. The molecular formula is C27H25F3N4OS. The number of nitrogens with one attached hydrogen (secondary N) is 1. The number of benzene rings is 2. The van der Waals surface area contributed by atoms with Crippen LogP contribution in [0.3, 0.4) is 0 Å². The molecule has 5 rings (SSSR count). The number of halogens is 3. The molecular weight excluding hydrogens is 485 g/mol. The highest BCUT2D eigenvalue weighted by atomic mass is 32.1. The van der Waals surface area contributed by atoms with Crippen LogP contribution in [0.4, 0.5) is 24.0 Å². The van der Waals surface area contributed by atoms with Gasteiger partial charge in [0.15, 0.2) is 5.13 Å². The Balaban J connectivity index is 1.33. The van der Waals surface area contributed by atoms with Gasteiger partial charge >= 0.3 is 6.18 Å². The van der Waals surface area contributed by atoms with Crippen LogP contribution in [0.15, 0.2) is 73.1 Å². The van der Waals surface area contributed by atoms with Crippen LogP contribution in [-0.4, -0.2) is 41.1 Å². The van der Waals surface area contributed by atoms with Crippen LogP contribution < -0.4 is 10.1 Å². The Bertz CT molecular complexity index is 1320. The maximum Gasteiger partial charge on any atom is 0.417 e. The topological polar surface area (TPSA) is 50.3 Å². The fourth-order valence-electron chi connectivity index (χ4n) is 4.30. The molecule has 2 aromatic carbocycles. The first-order valence-corrected chi connectivity index (χ1v) is 12.6. The highest BCUT2D eigenvalue weighted by molar-refractivity contribution is 7.19. The molecule has 9 heteroatoms. The van der Waals surface area contributed by atoms with Gasteiger partial charge in [-0.15, -0.1) is 0 Å². The monoisotopic (exact) mass is 510 g/mol. The lowest BCUT2D eigenvalue weighted by Crippen LogP contribution is -2.25. The lowest BCUT2D eigenvalue weighted by atomic mass is 9.99. The number of ether oxygens (including phenoxy) is 1. The van der Waals surface area contributed by atoms with Crippen LogP contribution in [0.25, 0.3) is 21.7 Å². The molecule has 2 aromatic heterocycles. The maximum absolute atomic E-state index is 13.6. The van der Waals surface area contributed by atoms with Gasteiger partial charge in [0.25, 0.3) is 0 Å². The summed E-state index contributed by atoms with van der Waals surface area (Å²) in [4.78, 5) is 11.9. The van der Waals surface area contributed by atoms with E-state index in [1.165, 1.54) is 42.5 Å². The molecule has 186 valence electrons. The molecule has 0 amide bonds. The van der Waals surface area contributed by atoms with Crippen molar-refractivity contribution >= 4 is 22.2 Å². The quantitative estimate of drug-likeness (QED) is 0.274. The molecule has 1 N–H and O–H groups in total. The maximum atomic E-state index is 13.6. The molecule has 1 aliphatic heterocycles. The van der Waals surface area contributed by atoms with E-state index in [1.54, 1.807) is 24.4 Å². The van der Waals surface area contributed by atoms with Crippen molar-refractivity contribution in [2.24, 2.45) is 0 Å². The Morgan fingerprint density at radius 3 is 2.58 bits per heavy atom. The molecule has 1 saturated heterocycles. The molecule has 0 atom stereocenters. The summed E-state index contributed by atoms with van der Waals surface area (Å²) < 4.78 is 46.9. The van der Waals surface area contributed by atoms with Crippen molar-refractivity contribution in [2.45, 2.75) is 19.0 Å². The van der Waals surface area contributed by atoms with Gasteiger partial charge in [-0.2, -0.15) is 13.2 Å². The Labute approximate surface area is 211 Å². The zero-order valence-corrected chi connectivity index (χ0v) is 20.3. The standard InChI is InChI=1S/C27H25F3N4OS/c28-27(29,30)23-11-2-1-9-21(23)25-22(10-6-12-31-25)24-18-32-26(36-24)33-19-7-5-8-20(17-19)35-16-15-34-13-3-4-14-34/h1-2,5-12,17-18H,3-4,13-16H2,(H,32,33). The van der Waals surface area contributed by atoms with E-state index in [1.807, 2.05) is 24.3 Å². The molecule has 4 aromatic rings. The summed E-state index contributed by atoms with van der Waals surface area (Å²) in [5.74, 6) is 0.772. The first-order chi connectivity index (χ1) is 17.5. The van der Waals surface area contributed by atoms with Crippen molar-refractivity contribution in [1.82, 2.24) is 14.9 Å². The second-order valence-electron chi connectivity index (χ2n) is 8.52. The van der Waals surface area contributed by atoms with Gasteiger partial charge in [-0.25, -0.2) is 4.98 Å². The number of likely N-dealkylation sites (tertiary alicyclic amines) is 1. The minimum Gasteiger partial charge on any atom is -0.492 e. The predicted octanol–water partition coefficient (Wildman–Crippen LogP) is 7.11. The molecule has 0 aliphatic carbocycles. The normalized spacial score (nSPS) is 14.2. The minimum absolute atomic E-state index is 0.0438. The van der Waals surface area contributed by atoms with Crippen molar-refractivity contribution in [3.05, 3.63) is 78.6 Å². The number of hydrogen-bond donors (Lipinski definition) is 1. The zero-order valence-electron chi connectivity index (χ0n) is 19.5. The van der Waals surface area contributed by atoms with E-state index in [0.717, 1.165) is 42.0 Å². The van der Waals surface area contributed by atoms with Crippen LogP contribution in [0.2, 0.25) is 0 Å². The summed E-state index contributed by atoms with van der Waals surface area (Å²) >= 11 is 1.35. The lowest BCUT2D eigenvalue weighted by molar-refractivity contribution is -0.137. The summed E-state index contributed by atoms with van der Waals surface area (Å²) in [6, 6.07) is 16.6. The third-order valence-electron chi connectivity index (χ3n) is 6.03. The molecule has 0 saturated carbocycles. The number of thiazole rings is 1. The van der Waals surface area contributed by atoms with Gasteiger partial charge in [0.1, 0.15) is 12.4 Å². The minimum atomic E-state index is -4.48. The number of aromatic nitrogens is 2. The molecule has 1 fully saturated rings. The molecule has 1 aliphatic rings. The van der Waals surface area contributed by atoms with Gasteiger partial charge in [-0.05, 0) is 56.3 Å². The third-order valence-corrected chi connectivity index (χ3v) is 6.97. The third kappa shape index (κ3) is 5.68. The zero-order chi connectivity index (χ0) is 25.0. The molecule has 0 bridgehead atoms. The van der Waals surface area contributed by atoms with Gasteiger partial charge < -0.3 is 10.1 Å². The number of rotatable bonds is 8. The van der Waals surface area contributed by atoms with Crippen molar-refractivity contribution in [3.63, 3.8) is 0 Å². The second kappa shape index (κ2) is 10.7. The summed E-state index contributed by atoms with van der Waals surface area (Å²) in [6.07, 6.45) is 1.18. The number of nitrogens with zero attached hydrogens (tertiary/aromatic N) is 3. The van der Waals surface area contributed by atoms with Gasteiger partial charge in [0.2, 0.25) is 0 Å². The average molecular weight is 511 g/mol. The Morgan fingerprint density at radius 1 is 0.944 bits per heavy atom. The van der Waals surface area contributed by atoms with Crippen LogP contribution in [0.1, 0.15) is 18.4 Å². The number of pyridine rings is 1. The Morgan fingerprint density at radius 2 is 1.75 bits per heavy atom. The molecule has 0 unspecified atom stereocenters. The van der Waals surface area contributed by atoms with E-state index in [4.69, 9.17) is 4.74 Å². The second-order valence-corrected chi connectivity index (χ2v) is 9.55. The molecule has 5 nitrogen and oxygen atoms in total. The summed E-state index contributed by atoms with van der Waals surface area (Å²) in [5.41, 5.74) is 1.02. The van der Waals surface area contributed by atoms with Gasteiger partial charge in [0, 0.05) is 41.8 Å². The van der Waals surface area contributed by atoms with Crippen LogP contribution in [-0.2, 0) is 6.18 Å². The highest BCUT2D eigenvalue weighted by Crippen LogP contribution is 2.41. The smallest absolute Gasteiger partial charge is 0.417 e. The Hall–Kier alpha value is -3.43. The van der Waals surface area contributed by atoms with E-state index in [9.17, 15) is 13.2 Å². The van der Waals surface area contributed by atoms with E-state index >= 15 is 0 Å². The van der Waals surface area contributed by atoms with E-state index in [2.05, 4.69) is 20.2 Å². The fraction of sp³-hybridized carbons (Fsp3) is 0.259. The summed E-state index contributed by atoms with van der Waals surface area (Å²) in [5, 5.41) is 3.90. The van der Waals surface area contributed by atoms with E-state index < -0.39 is 11.7 Å². The highest BCUT2D eigenvalue weighted by Gasteiger charge is 2.34. The summed E-state index contributed by atoms with van der Waals surface area (Å²) in [6.45, 7) is 3.82. The van der Waals surface area contributed by atoms with Crippen molar-refractivity contribution in [1.29, 1.82) is 0 Å². The Kier molecular flexibility index (Phi) is 7.20. The van der Waals surface area contributed by atoms with E-state index in [-0.39, 0.29) is 11.3 Å². The predicted molar refractivity (Wildman–Crippen MR) is 137 cm³/mol. The van der Waals surface area contributed by atoms with Gasteiger partial charge in [0.05, 0.1) is 16.1 Å². The molecule has 3 heterocycles. The number of anilines is 2. The largest absolute Gasteiger partial charge is 0.492 e. The molecule has 36 heavy (non-hydrogen) atoms. The van der Waals surface area contributed by atoms with Crippen molar-refractivity contribution in [2.75, 3.05) is 31.6 Å². The first-order valence-electron chi connectivity index (χ1n) is 11.8. The summed E-state index contributed by atoms with van der Waals surface area (Å²) in [7, 11) is 0. The van der Waals surface area contributed by atoms with Crippen LogP contribution in [0, 0.1) is 0 Å². The van der Waals surface area contributed by atoms with Gasteiger partial charge in [-0.3, -0.25) is 9.88 Å². The lowest BCUT2D eigenvalue weighted by Gasteiger charge is -2.15. The van der Waals surface area contributed by atoms with Crippen LogP contribution in [0.5, 0.6) is 5.75 Å². The number of alkyl halides is 3. The van der Waals surface area contributed by atoms with Gasteiger partial charge in [-0.1, -0.05) is 35.6 Å². The molecule has 0 radical (unpaired) electrons. The van der Waals surface area contributed by atoms with Crippen molar-refractivity contribution < 1.29 is 17.9 Å². The average Bonchev–Trinajstić information content (AvgIpc) is 3.56. The molecule has 0 spiro atoms. The number of hydrogen-bond acceptors (Lipinski definition) is 6. The van der Waals surface area contributed by atoms with E-state index in [0.29, 0.717) is 17.3 Å². The first kappa shape index (κ1) is 24.3. The SMILES string of the molecule is FC(F)(F)c1ccccc1-c1ncccc1-c1cnc(Nc2cccc(OCCN3CCCC3)c2)s1. The van der Waals surface area contributed by atoms with Crippen molar-refractivity contribution in [3.8, 4) is 27.4 Å². The van der Waals surface area contributed by atoms with Crippen LogP contribution >= 0.6 is 11.3 Å².